The van der Waals surface area contributed by atoms with Gasteiger partial charge in [0.1, 0.15) is 5.71 Å². The predicted octanol–water partition coefficient (Wildman–Crippen LogP) is 2.91. The third-order valence-electron chi connectivity index (χ3n) is 2.33. The van der Waals surface area contributed by atoms with Crippen LogP contribution in [0.5, 0.6) is 0 Å². The molecule has 0 heterocycles. The van der Waals surface area contributed by atoms with Crippen LogP contribution >= 0.6 is 23.5 Å². The fourth-order valence-corrected chi connectivity index (χ4v) is 1.60. The summed E-state index contributed by atoms with van der Waals surface area (Å²) in [5.74, 6) is 0. The summed E-state index contributed by atoms with van der Waals surface area (Å²) in [6.45, 7) is 1.71. The number of carbonyl (C=O) groups is 2. The quantitative estimate of drug-likeness (QED) is 0.659. The van der Waals surface area contributed by atoms with Crippen LogP contribution in [0.2, 0.25) is 0 Å². The van der Waals surface area contributed by atoms with Gasteiger partial charge < -0.3 is 0 Å². The molecule has 6 nitrogen and oxygen atoms in total. The molecule has 0 radical (unpaired) electrons. The Balaban J connectivity index is 3.02. The van der Waals surface area contributed by atoms with Crippen LogP contribution in [-0.2, 0) is 0 Å². The van der Waals surface area contributed by atoms with E-state index in [-0.39, 0.29) is 10.5 Å². The van der Waals surface area contributed by atoms with Crippen LogP contribution in [0.1, 0.15) is 12.5 Å². The number of hydrazone groups is 2. The van der Waals surface area contributed by atoms with Crippen LogP contribution in [0.15, 0.2) is 40.5 Å². The molecule has 0 aromatic heterocycles. The average molecular weight is 324 g/mol. The molecule has 0 spiro atoms. The number of amides is 2. The van der Waals surface area contributed by atoms with E-state index in [0.717, 1.165) is 29.1 Å². The number of rotatable bonds is 4. The van der Waals surface area contributed by atoms with Gasteiger partial charge in [0, 0.05) is 5.56 Å². The highest BCUT2D eigenvalue weighted by molar-refractivity contribution is 8.13. The second kappa shape index (κ2) is 9.19. The minimum atomic E-state index is -0.274. The number of benzene rings is 1. The zero-order chi connectivity index (χ0) is 15.7. The molecular formula is C13H16N4O2S2. The number of hydrogen-bond donors (Lipinski definition) is 2. The maximum atomic E-state index is 11.3. The van der Waals surface area contributed by atoms with Crippen molar-refractivity contribution < 1.29 is 9.59 Å². The van der Waals surface area contributed by atoms with Gasteiger partial charge in [-0.3, -0.25) is 9.59 Å². The Kier molecular flexibility index (Phi) is 7.55. The molecule has 1 aromatic carbocycles. The summed E-state index contributed by atoms with van der Waals surface area (Å²) in [6.07, 6.45) is 3.32. The fraction of sp³-hybridized carbons (Fsp3) is 0.231. The van der Waals surface area contributed by atoms with Crippen molar-refractivity contribution in [2.45, 2.75) is 6.92 Å². The number of nitrogens with zero attached hydrogens (tertiary/aromatic N) is 2. The van der Waals surface area contributed by atoms with Gasteiger partial charge in [0.25, 0.3) is 10.5 Å². The first-order chi connectivity index (χ1) is 10.1. The fourth-order valence-electron chi connectivity index (χ4n) is 1.33. The van der Waals surface area contributed by atoms with Crippen molar-refractivity contribution in [2.75, 3.05) is 12.5 Å². The third-order valence-corrected chi connectivity index (χ3v) is 3.26. The molecule has 0 saturated carbocycles. The van der Waals surface area contributed by atoms with E-state index in [1.54, 1.807) is 19.4 Å². The number of hydrogen-bond acceptors (Lipinski definition) is 6. The maximum absolute atomic E-state index is 11.3. The molecule has 0 aliphatic rings. The number of carbonyl (C=O) groups excluding carboxylic acids is 2. The van der Waals surface area contributed by atoms with Crippen LogP contribution < -0.4 is 10.9 Å². The number of thioether (sulfide) groups is 2. The zero-order valence-corrected chi connectivity index (χ0v) is 13.5. The molecule has 2 amide bonds. The van der Waals surface area contributed by atoms with Crippen LogP contribution in [0.3, 0.4) is 0 Å². The molecular weight excluding hydrogens is 308 g/mol. The smallest absolute Gasteiger partial charge is 0.260 e. The van der Waals surface area contributed by atoms with Crippen molar-refractivity contribution in [3.8, 4) is 0 Å². The molecule has 8 heteroatoms. The molecule has 0 saturated heterocycles. The molecule has 0 unspecified atom stereocenters. The lowest BCUT2D eigenvalue weighted by atomic mass is 10.1. The van der Waals surface area contributed by atoms with Crippen molar-refractivity contribution in [3.05, 3.63) is 35.9 Å². The summed E-state index contributed by atoms with van der Waals surface area (Å²) in [4.78, 5) is 22.5. The van der Waals surface area contributed by atoms with Gasteiger partial charge in [-0.25, -0.2) is 10.9 Å². The van der Waals surface area contributed by atoms with Gasteiger partial charge in [0.2, 0.25) is 0 Å². The maximum Gasteiger partial charge on any atom is 0.298 e. The van der Waals surface area contributed by atoms with Crippen molar-refractivity contribution >= 4 is 45.4 Å². The minimum Gasteiger partial charge on any atom is -0.260 e. The molecule has 2 N–H and O–H groups in total. The minimum absolute atomic E-state index is 0.269. The summed E-state index contributed by atoms with van der Waals surface area (Å²) in [7, 11) is 0. The van der Waals surface area contributed by atoms with Gasteiger partial charge in [-0.15, -0.1) is 0 Å². The van der Waals surface area contributed by atoms with Gasteiger partial charge in [0.05, 0.1) is 5.71 Å². The van der Waals surface area contributed by atoms with E-state index in [0.29, 0.717) is 11.4 Å². The van der Waals surface area contributed by atoms with Crippen LogP contribution in [0.25, 0.3) is 0 Å². The van der Waals surface area contributed by atoms with Crippen LogP contribution in [0, 0.1) is 0 Å². The van der Waals surface area contributed by atoms with E-state index in [9.17, 15) is 9.59 Å². The highest BCUT2D eigenvalue weighted by Gasteiger charge is 2.09. The van der Waals surface area contributed by atoms with Crippen LogP contribution in [-0.4, -0.2) is 34.4 Å². The SMILES string of the molecule is CSC(=O)N/N=C(C)\C(=N/NC(=O)SC)c1ccccc1. The molecule has 0 atom stereocenters. The molecule has 112 valence electrons. The molecule has 0 aliphatic carbocycles. The highest BCUT2D eigenvalue weighted by atomic mass is 32.2. The predicted molar refractivity (Wildman–Crippen MR) is 90.2 cm³/mol. The van der Waals surface area contributed by atoms with E-state index in [2.05, 4.69) is 21.1 Å². The highest BCUT2D eigenvalue weighted by Crippen LogP contribution is 2.04. The van der Waals surface area contributed by atoms with Gasteiger partial charge in [-0.05, 0) is 19.4 Å². The summed E-state index contributed by atoms with van der Waals surface area (Å²) in [6, 6.07) is 9.28. The summed E-state index contributed by atoms with van der Waals surface area (Å²) in [5, 5.41) is 7.52. The molecule has 0 bridgehead atoms. The van der Waals surface area contributed by atoms with Crippen molar-refractivity contribution in [3.63, 3.8) is 0 Å². The topological polar surface area (TPSA) is 82.9 Å². The summed E-state index contributed by atoms with van der Waals surface area (Å²) >= 11 is 2.05. The van der Waals surface area contributed by atoms with Gasteiger partial charge in [-0.1, -0.05) is 53.9 Å². The molecule has 0 fully saturated rings. The van der Waals surface area contributed by atoms with E-state index >= 15 is 0 Å². The Bertz CT molecular complexity index is 559. The first-order valence-electron chi connectivity index (χ1n) is 5.94. The van der Waals surface area contributed by atoms with Crippen molar-refractivity contribution in [2.24, 2.45) is 10.2 Å². The lowest BCUT2D eigenvalue weighted by molar-refractivity contribution is 0.260. The average Bonchev–Trinajstić information content (AvgIpc) is 2.53. The number of nitrogens with one attached hydrogen (secondary N) is 2. The van der Waals surface area contributed by atoms with Gasteiger partial charge in [-0.2, -0.15) is 10.2 Å². The monoisotopic (exact) mass is 324 g/mol. The van der Waals surface area contributed by atoms with E-state index in [1.165, 1.54) is 0 Å². The molecule has 21 heavy (non-hydrogen) atoms. The Morgan fingerprint density at radius 2 is 1.48 bits per heavy atom. The van der Waals surface area contributed by atoms with Crippen molar-refractivity contribution in [1.29, 1.82) is 0 Å². The van der Waals surface area contributed by atoms with Crippen LogP contribution in [0.4, 0.5) is 9.59 Å². The summed E-state index contributed by atoms with van der Waals surface area (Å²) in [5.41, 5.74) is 6.59. The van der Waals surface area contributed by atoms with E-state index < -0.39 is 0 Å². The van der Waals surface area contributed by atoms with Gasteiger partial charge in [0.15, 0.2) is 0 Å². The molecule has 1 aromatic rings. The Hall–Kier alpha value is -1.80. The zero-order valence-electron chi connectivity index (χ0n) is 11.9. The Morgan fingerprint density at radius 3 is 2.00 bits per heavy atom. The normalized spacial score (nSPS) is 12.0. The lowest BCUT2D eigenvalue weighted by Crippen LogP contribution is -2.23. The second-order valence-electron chi connectivity index (χ2n) is 3.73. The van der Waals surface area contributed by atoms with E-state index in [4.69, 9.17) is 0 Å². The largest absolute Gasteiger partial charge is 0.298 e. The molecule has 0 aliphatic heterocycles. The van der Waals surface area contributed by atoms with E-state index in [1.807, 2.05) is 30.3 Å². The standard InChI is InChI=1S/C13H16N4O2S2/c1-9(14-16-12(18)20-2)11(15-17-13(19)21-3)10-7-5-4-6-8-10/h4-8H,1-3H3,(H,16,18)(H,17,19)/b14-9-,15-11+. The summed E-state index contributed by atoms with van der Waals surface area (Å²) < 4.78 is 0. The molecule has 1 rings (SSSR count). The third kappa shape index (κ3) is 6.01. The first kappa shape index (κ1) is 17.3. The Labute approximate surface area is 131 Å². The second-order valence-corrected chi connectivity index (χ2v) is 5.29. The first-order valence-corrected chi connectivity index (χ1v) is 8.39. The van der Waals surface area contributed by atoms with Gasteiger partial charge >= 0.3 is 0 Å². The lowest BCUT2D eigenvalue weighted by Gasteiger charge is -2.07. The Morgan fingerprint density at radius 1 is 0.952 bits per heavy atom. The van der Waals surface area contributed by atoms with Crippen molar-refractivity contribution in [1.82, 2.24) is 10.9 Å².